The fourth-order valence-corrected chi connectivity index (χ4v) is 4.20. The Morgan fingerprint density at radius 1 is 1.33 bits per heavy atom. The van der Waals surface area contributed by atoms with Gasteiger partial charge in [-0.05, 0) is 53.2 Å². The van der Waals surface area contributed by atoms with Crippen LogP contribution in [0, 0.1) is 0 Å². The number of hydrogen-bond donors (Lipinski definition) is 2. The second-order valence-corrected chi connectivity index (χ2v) is 6.61. The summed E-state index contributed by atoms with van der Waals surface area (Å²) in [5.74, 6) is -1.37. The minimum Gasteiger partial charge on any atom is -0.478 e. The number of rotatable bonds is 3. The Labute approximate surface area is 133 Å². The molecule has 0 saturated carbocycles. The van der Waals surface area contributed by atoms with Crippen molar-refractivity contribution in [1.29, 1.82) is 0 Å². The topological polar surface area (TPSA) is 79.5 Å². The standard InChI is InChI=1S/C14H12BrNO4S/c15-11-8(5-6-20-11)12(17)16-13-10(14(18)19)7-3-1-2-4-9(7)21-13/h5-6H,1-4H2,(H,16,17)(H,18,19). The molecule has 1 aliphatic rings. The van der Waals surface area contributed by atoms with E-state index in [1.807, 2.05) is 0 Å². The van der Waals surface area contributed by atoms with E-state index in [2.05, 4.69) is 21.2 Å². The summed E-state index contributed by atoms with van der Waals surface area (Å²) < 4.78 is 5.36. The number of carbonyl (C=O) groups is 2. The Hall–Kier alpha value is -1.60. The van der Waals surface area contributed by atoms with E-state index in [4.69, 9.17) is 4.42 Å². The zero-order valence-electron chi connectivity index (χ0n) is 10.9. The van der Waals surface area contributed by atoms with Gasteiger partial charge < -0.3 is 14.8 Å². The minimum atomic E-state index is -0.990. The second-order valence-electron chi connectivity index (χ2n) is 4.78. The van der Waals surface area contributed by atoms with Gasteiger partial charge in [-0.25, -0.2) is 4.79 Å². The van der Waals surface area contributed by atoms with E-state index in [1.165, 1.54) is 23.7 Å². The van der Waals surface area contributed by atoms with Gasteiger partial charge in [0.15, 0.2) is 4.67 Å². The lowest BCUT2D eigenvalue weighted by atomic mass is 9.95. The molecule has 0 fully saturated rings. The molecular formula is C14H12BrNO4S. The second kappa shape index (κ2) is 5.65. The number of halogens is 1. The summed E-state index contributed by atoms with van der Waals surface area (Å²) in [7, 11) is 0. The summed E-state index contributed by atoms with van der Waals surface area (Å²) in [5, 5.41) is 12.5. The van der Waals surface area contributed by atoms with Crippen LogP contribution in [-0.4, -0.2) is 17.0 Å². The van der Waals surface area contributed by atoms with E-state index in [1.54, 1.807) is 0 Å². The van der Waals surface area contributed by atoms with Crippen LogP contribution in [0.2, 0.25) is 0 Å². The summed E-state index contributed by atoms with van der Waals surface area (Å²) in [6.45, 7) is 0. The van der Waals surface area contributed by atoms with E-state index < -0.39 is 5.97 Å². The molecule has 1 amide bonds. The maximum Gasteiger partial charge on any atom is 0.339 e. The van der Waals surface area contributed by atoms with Crippen LogP contribution in [0.25, 0.3) is 0 Å². The molecule has 0 aliphatic heterocycles. The molecule has 0 spiro atoms. The first kappa shape index (κ1) is 14.3. The molecule has 0 radical (unpaired) electrons. The largest absolute Gasteiger partial charge is 0.478 e. The van der Waals surface area contributed by atoms with Crippen molar-refractivity contribution in [2.24, 2.45) is 0 Å². The first-order chi connectivity index (χ1) is 10.1. The fraction of sp³-hybridized carbons (Fsp3) is 0.286. The van der Waals surface area contributed by atoms with Crippen LogP contribution in [0.5, 0.6) is 0 Å². The number of aryl methyl sites for hydroxylation is 1. The lowest BCUT2D eigenvalue weighted by Crippen LogP contribution is -2.14. The smallest absolute Gasteiger partial charge is 0.339 e. The first-order valence-electron chi connectivity index (χ1n) is 6.50. The third-order valence-corrected chi connectivity index (χ3v) is 5.30. The van der Waals surface area contributed by atoms with Crippen LogP contribution < -0.4 is 5.32 Å². The van der Waals surface area contributed by atoms with Crippen molar-refractivity contribution in [2.75, 3.05) is 5.32 Å². The van der Waals surface area contributed by atoms with Gasteiger partial charge in [0.05, 0.1) is 17.4 Å². The van der Waals surface area contributed by atoms with Crippen molar-refractivity contribution >= 4 is 44.1 Å². The number of aromatic carboxylic acids is 1. The molecule has 7 heteroatoms. The molecule has 0 aromatic carbocycles. The molecule has 0 saturated heterocycles. The van der Waals surface area contributed by atoms with E-state index in [0.29, 0.717) is 15.2 Å². The van der Waals surface area contributed by atoms with Crippen molar-refractivity contribution in [3.63, 3.8) is 0 Å². The van der Waals surface area contributed by atoms with Crippen LogP contribution in [0.15, 0.2) is 21.4 Å². The van der Waals surface area contributed by atoms with Gasteiger partial charge in [-0.3, -0.25) is 4.79 Å². The Morgan fingerprint density at radius 2 is 2.10 bits per heavy atom. The number of anilines is 1. The van der Waals surface area contributed by atoms with E-state index in [0.717, 1.165) is 36.1 Å². The quantitative estimate of drug-likeness (QED) is 0.858. The third kappa shape index (κ3) is 2.63. The molecule has 1 aliphatic carbocycles. The summed E-state index contributed by atoms with van der Waals surface area (Å²) in [5.41, 5.74) is 1.46. The lowest BCUT2D eigenvalue weighted by Gasteiger charge is -2.10. The molecule has 110 valence electrons. The van der Waals surface area contributed by atoms with Crippen molar-refractivity contribution in [2.45, 2.75) is 25.7 Å². The van der Waals surface area contributed by atoms with Crippen LogP contribution in [0.1, 0.15) is 44.0 Å². The molecule has 2 heterocycles. The van der Waals surface area contributed by atoms with Gasteiger partial charge in [0, 0.05) is 4.88 Å². The summed E-state index contributed by atoms with van der Waals surface area (Å²) in [6.07, 6.45) is 5.10. The summed E-state index contributed by atoms with van der Waals surface area (Å²) >= 11 is 4.51. The van der Waals surface area contributed by atoms with E-state index in [-0.39, 0.29) is 11.5 Å². The highest BCUT2D eigenvalue weighted by Crippen LogP contribution is 2.38. The molecule has 21 heavy (non-hydrogen) atoms. The van der Waals surface area contributed by atoms with Crippen LogP contribution in [0.4, 0.5) is 5.00 Å². The minimum absolute atomic E-state index is 0.239. The third-order valence-electron chi connectivity index (χ3n) is 3.47. The molecule has 5 nitrogen and oxygen atoms in total. The molecule has 3 rings (SSSR count). The molecule has 2 aromatic rings. The lowest BCUT2D eigenvalue weighted by molar-refractivity contribution is 0.0697. The number of carboxylic acids is 1. The highest BCUT2D eigenvalue weighted by atomic mass is 79.9. The fourth-order valence-electron chi connectivity index (χ4n) is 2.51. The van der Waals surface area contributed by atoms with Gasteiger partial charge >= 0.3 is 5.97 Å². The van der Waals surface area contributed by atoms with Crippen molar-refractivity contribution in [3.8, 4) is 0 Å². The zero-order chi connectivity index (χ0) is 15.0. The van der Waals surface area contributed by atoms with Gasteiger partial charge in [-0.1, -0.05) is 0 Å². The number of hydrogen-bond acceptors (Lipinski definition) is 4. The number of nitrogens with one attached hydrogen (secondary N) is 1. The van der Waals surface area contributed by atoms with Gasteiger partial charge in [-0.15, -0.1) is 11.3 Å². The van der Waals surface area contributed by atoms with E-state index in [9.17, 15) is 14.7 Å². The number of carboxylic acid groups (broad SMARTS) is 1. The number of thiophene rings is 1. The molecule has 0 unspecified atom stereocenters. The van der Waals surface area contributed by atoms with Crippen molar-refractivity contribution in [3.05, 3.63) is 38.6 Å². The number of amides is 1. The van der Waals surface area contributed by atoms with E-state index >= 15 is 0 Å². The van der Waals surface area contributed by atoms with Crippen LogP contribution in [0.3, 0.4) is 0 Å². The van der Waals surface area contributed by atoms with Gasteiger partial charge in [0.1, 0.15) is 5.00 Å². The number of furan rings is 1. The monoisotopic (exact) mass is 369 g/mol. The highest BCUT2D eigenvalue weighted by Gasteiger charge is 2.26. The van der Waals surface area contributed by atoms with Gasteiger partial charge in [0.2, 0.25) is 0 Å². The molecular weight excluding hydrogens is 358 g/mol. The highest BCUT2D eigenvalue weighted by molar-refractivity contribution is 9.10. The van der Waals surface area contributed by atoms with Crippen molar-refractivity contribution < 1.29 is 19.1 Å². The number of fused-ring (bicyclic) bond motifs is 1. The summed E-state index contributed by atoms with van der Waals surface area (Å²) in [4.78, 5) is 24.8. The Kier molecular flexibility index (Phi) is 3.86. The normalized spacial score (nSPS) is 13.8. The van der Waals surface area contributed by atoms with Crippen LogP contribution >= 0.6 is 27.3 Å². The average Bonchev–Trinajstić information content (AvgIpc) is 3.01. The molecule has 2 aromatic heterocycles. The van der Waals surface area contributed by atoms with Gasteiger partial charge in [0.25, 0.3) is 5.91 Å². The Bertz CT molecular complexity index is 719. The van der Waals surface area contributed by atoms with Gasteiger partial charge in [-0.2, -0.15) is 0 Å². The SMILES string of the molecule is O=C(Nc1sc2c(c1C(=O)O)CCCC2)c1ccoc1Br. The van der Waals surface area contributed by atoms with Crippen molar-refractivity contribution in [1.82, 2.24) is 0 Å². The maximum atomic E-state index is 12.2. The predicted molar refractivity (Wildman–Crippen MR) is 82.3 cm³/mol. The Balaban J connectivity index is 1.95. The first-order valence-corrected chi connectivity index (χ1v) is 8.11. The molecule has 0 bridgehead atoms. The Morgan fingerprint density at radius 3 is 2.76 bits per heavy atom. The molecule has 2 N–H and O–H groups in total. The number of carbonyl (C=O) groups excluding carboxylic acids is 1. The zero-order valence-corrected chi connectivity index (χ0v) is 13.3. The predicted octanol–water partition coefficient (Wildman–Crippen LogP) is 3.93. The summed E-state index contributed by atoms with van der Waals surface area (Å²) in [6, 6.07) is 1.54. The molecule has 0 atom stereocenters. The van der Waals surface area contributed by atoms with Crippen LogP contribution in [-0.2, 0) is 12.8 Å². The average molecular weight is 370 g/mol. The maximum absolute atomic E-state index is 12.2.